The normalized spacial score (nSPS) is 17.6. The van der Waals surface area contributed by atoms with Gasteiger partial charge in [0.1, 0.15) is 0 Å². The van der Waals surface area contributed by atoms with Crippen molar-refractivity contribution in [2.75, 3.05) is 18.0 Å². The van der Waals surface area contributed by atoms with Crippen molar-refractivity contribution in [3.8, 4) is 0 Å². The van der Waals surface area contributed by atoms with Crippen molar-refractivity contribution in [1.29, 1.82) is 0 Å². The highest BCUT2D eigenvalue weighted by atomic mass is 15.2. The number of anilines is 1. The van der Waals surface area contributed by atoms with Crippen LogP contribution in [0.5, 0.6) is 0 Å². The van der Waals surface area contributed by atoms with E-state index in [-0.39, 0.29) is 0 Å². The summed E-state index contributed by atoms with van der Waals surface area (Å²) < 4.78 is 0. The van der Waals surface area contributed by atoms with Crippen molar-refractivity contribution < 1.29 is 0 Å². The Bertz CT molecular complexity index is 609. The van der Waals surface area contributed by atoms with Crippen LogP contribution in [0.4, 0.5) is 5.69 Å². The minimum Gasteiger partial charge on any atom is -0.365 e. The highest BCUT2D eigenvalue weighted by molar-refractivity contribution is 5.57. The molecule has 1 aromatic carbocycles. The van der Waals surface area contributed by atoms with Crippen LogP contribution >= 0.6 is 0 Å². The predicted octanol–water partition coefficient (Wildman–Crippen LogP) is 3.45. The fraction of sp³-hybridized carbons (Fsp3) is 0.389. The van der Waals surface area contributed by atoms with Gasteiger partial charge in [-0.3, -0.25) is 4.98 Å². The molecule has 1 aliphatic heterocycles. The SMILES string of the molecule is CCNC1CCN(Cc2cccc(C)n2)c2ccccc21. The van der Waals surface area contributed by atoms with E-state index in [1.807, 2.05) is 0 Å². The number of hydrogen-bond donors (Lipinski definition) is 1. The lowest BCUT2D eigenvalue weighted by atomic mass is 9.96. The average molecular weight is 281 g/mol. The minimum atomic E-state index is 0.480. The van der Waals surface area contributed by atoms with Crippen LogP contribution in [0, 0.1) is 6.92 Å². The first kappa shape index (κ1) is 14.1. The number of aryl methyl sites for hydroxylation is 1. The van der Waals surface area contributed by atoms with E-state index in [1.165, 1.54) is 11.3 Å². The van der Waals surface area contributed by atoms with Crippen molar-refractivity contribution in [3.63, 3.8) is 0 Å². The molecule has 3 rings (SSSR count). The lowest BCUT2D eigenvalue weighted by molar-refractivity contribution is 0.488. The van der Waals surface area contributed by atoms with Gasteiger partial charge in [-0.15, -0.1) is 0 Å². The van der Waals surface area contributed by atoms with Crippen LogP contribution < -0.4 is 10.2 Å². The van der Waals surface area contributed by atoms with Crippen molar-refractivity contribution in [2.45, 2.75) is 32.9 Å². The lowest BCUT2D eigenvalue weighted by Crippen LogP contribution is -2.35. The smallest absolute Gasteiger partial charge is 0.0602 e. The molecule has 2 aromatic rings. The fourth-order valence-corrected chi connectivity index (χ4v) is 3.14. The molecule has 0 aliphatic carbocycles. The molecule has 1 aliphatic rings. The van der Waals surface area contributed by atoms with Gasteiger partial charge >= 0.3 is 0 Å². The number of fused-ring (bicyclic) bond motifs is 1. The summed E-state index contributed by atoms with van der Waals surface area (Å²) in [5.41, 5.74) is 4.99. The Labute approximate surface area is 127 Å². The second-order valence-electron chi connectivity index (χ2n) is 5.65. The summed E-state index contributed by atoms with van der Waals surface area (Å²) in [5, 5.41) is 3.59. The number of aromatic nitrogens is 1. The number of para-hydroxylation sites is 1. The molecule has 3 heteroatoms. The van der Waals surface area contributed by atoms with Gasteiger partial charge in [-0.2, -0.15) is 0 Å². The van der Waals surface area contributed by atoms with E-state index in [9.17, 15) is 0 Å². The summed E-state index contributed by atoms with van der Waals surface area (Å²) >= 11 is 0. The third-order valence-corrected chi connectivity index (χ3v) is 4.09. The Hall–Kier alpha value is -1.87. The number of benzene rings is 1. The van der Waals surface area contributed by atoms with E-state index in [4.69, 9.17) is 0 Å². The maximum absolute atomic E-state index is 4.64. The molecule has 2 heterocycles. The summed E-state index contributed by atoms with van der Waals surface area (Å²) in [7, 11) is 0. The molecule has 21 heavy (non-hydrogen) atoms. The summed E-state index contributed by atoms with van der Waals surface area (Å²) in [6.45, 7) is 7.20. The van der Waals surface area contributed by atoms with E-state index < -0.39 is 0 Å². The zero-order valence-electron chi connectivity index (χ0n) is 12.8. The van der Waals surface area contributed by atoms with Crippen LogP contribution in [0.3, 0.4) is 0 Å². The van der Waals surface area contributed by atoms with Gasteiger partial charge < -0.3 is 10.2 Å². The minimum absolute atomic E-state index is 0.480. The molecule has 1 N–H and O–H groups in total. The maximum Gasteiger partial charge on any atom is 0.0602 e. The van der Waals surface area contributed by atoms with Crippen LogP contribution in [-0.2, 0) is 6.54 Å². The Balaban J connectivity index is 1.85. The van der Waals surface area contributed by atoms with Gasteiger partial charge in [0.05, 0.1) is 12.2 Å². The second-order valence-corrected chi connectivity index (χ2v) is 5.65. The van der Waals surface area contributed by atoms with Gasteiger partial charge in [0, 0.05) is 24.0 Å². The number of pyridine rings is 1. The average Bonchev–Trinajstić information content (AvgIpc) is 2.50. The summed E-state index contributed by atoms with van der Waals surface area (Å²) in [4.78, 5) is 7.09. The molecule has 0 saturated heterocycles. The lowest BCUT2D eigenvalue weighted by Gasteiger charge is -2.36. The third kappa shape index (κ3) is 3.08. The Morgan fingerprint density at radius 2 is 2.05 bits per heavy atom. The first-order valence-corrected chi connectivity index (χ1v) is 7.77. The van der Waals surface area contributed by atoms with Crippen molar-refractivity contribution >= 4 is 5.69 Å². The number of nitrogens with one attached hydrogen (secondary N) is 1. The molecule has 0 radical (unpaired) electrons. The molecule has 0 spiro atoms. The molecular weight excluding hydrogens is 258 g/mol. The molecule has 110 valence electrons. The third-order valence-electron chi connectivity index (χ3n) is 4.09. The van der Waals surface area contributed by atoms with Crippen LogP contribution in [0.25, 0.3) is 0 Å². The van der Waals surface area contributed by atoms with Gasteiger partial charge in [-0.25, -0.2) is 0 Å². The molecule has 1 aromatic heterocycles. The molecule has 0 bridgehead atoms. The van der Waals surface area contributed by atoms with Crippen LogP contribution in [0.1, 0.15) is 36.3 Å². The van der Waals surface area contributed by atoms with E-state index in [1.54, 1.807) is 0 Å². The van der Waals surface area contributed by atoms with Crippen molar-refractivity contribution in [3.05, 3.63) is 59.4 Å². The van der Waals surface area contributed by atoms with Crippen molar-refractivity contribution in [1.82, 2.24) is 10.3 Å². The monoisotopic (exact) mass is 281 g/mol. The largest absolute Gasteiger partial charge is 0.365 e. The molecular formula is C18H23N3. The van der Waals surface area contributed by atoms with Gasteiger partial charge in [-0.05, 0) is 43.7 Å². The topological polar surface area (TPSA) is 28.2 Å². The maximum atomic E-state index is 4.64. The van der Waals surface area contributed by atoms with Crippen LogP contribution in [0.2, 0.25) is 0 Å². The van der Waals surface area contributed by atoms with Gasteiger partial charge in [0.2, 0.25) is 0 Å². The number of rotatable bonds is 4. The Morgan fingerprint density at radius 3 is 2.86 bits per heavy atom. The summed E-state index contributed by atoms with van der Waals surface area (Å²) in [6, 6.07) is 15.5. The van der Waals surface area contributed by atoms with Gasteiger partial charge in [0.15, 0.2) is 0 Å². The number of hydrogen-bond acceptors (Lipinski definition) is 3. The first-order valence-electron chi connectivity index (χ1n) is 7.77. The predicted molar refractivity (Wildman–Crippen MR) is 87.5 cm³/mol. The second kappa shape index (κ2) is 6.27. The quantitative estimate of drug-likeness (QED) is 0.930. The number of nitrogens with zero attached hydrogens (tertiary/aromatic N) is 2. The first-order chi connectivity index (χ1) is 10.3. The molecule has 0 saturated carbocycles. The summed E-state index contributed by atoms with van der Waals surface area (Å²) in [5.74, 6) is 0. The highest BCUT2D eigenvalue weighted by Gasteiger charge is 2.24. The molecule has 0 fully saturated rings. The van der Waals surface area contributed by atoms with Crippen molar-refractivity contribution in [2.24, 2.45) is 0 Å². The van der Waals surface area contributed by atoms with E-state index in [2.05, 4.69) is 71.5 Å². The van der Waals surface area contributed by atoms with Crippen LogP contribution in [0.15, 0.2) is 42.5 Å². The zero-order chi connectivity index (χ0) is 14.7. The van der Waals surface area contributed by atoms with Gasteiger partial charge in [0.25, 0.3) is 0 Å². The molecule has 1 atom stereocenters. The molecule has 3 nitrogen and oxygen atoms in total. The Morgan fingerprint density at radius 1 is 1.19 bits per heavy atom. The highest BCUT2D eigenvalue weighted by Crippen LogP contribution is 2.34. The Kier molecular flexibility index (Phi) is 4.20. The summed E-state index contributed by atoms with van der Waals surface area (Å²) in [6.07, 6.45) is 1.15. The van der Waals surface area contributed by atoms with Crippen LogP contribution in [-0.4, -0.2) is 18.1 Å². The van der Waals surface area contributed by atoms with E-state index in [0.717, 1.165) is 37.4 Å². The standard InChI is InChI=1S/C18H23N3/c1-3-19-17-11-12-21(18-10-5-4-9-16(17)18)13-15-8-6-7-14(2)20-15/h4-10,17,19H,3,11-13H2,1-2H3. The van der Waals surface area contributed by atoms with Gasteiger partial charge in [-0.1, -0.05) is 31.2 Å². The molecule has 1 unspecified atom stereocenters. The van der Waals surface area contributed by atoms with E-state index >= 15 is 0 Å². The fourth-order valence-electron chi connectivity index (χ4n) is 3.14. The molecule has 0 amide bonds. The zero-order valence-corrected chi connectivity index (χ0v) is 12.8. The van der Waals surface area contributed by atoms with E-state index in [0.29, 0.717) is 6.04 Å².